The fourth-order valence-electron chi connectivity index (χ4n) is 5.19. The first-order valence-corrected chi connectivity index (χ1v) is 10.5. The van der Waals surface area contributed by atoms with Gasteiger partial charge in [-0.25, -0.2) is 4.99 Å². The Hall–Kier alpha value is -2.77. The van der Waals surface area contributed by atoms with Gasteiger partial charge in [0.1, 0.15) is 11.6 Å². The summed E-state index contributed by atoms with van der Waals surface area (Å²) in [5.41, 5.74) is 6.60. The molecule has 0 N–H and O–H groups in total. The molecule has 3 unspecified atom stereocenters. The Bertz CT molecular complexity index is 1060. The molecule has 0 fully saturated rings. The van der Waals surface area contributed by atoms with Crippen LogP contribution in [-0.4, -0.2) is 17.7 Å². The highest BCUT2D eigenvalue weighted by Gasteiger charge is 2.45. The molecule has 3 aliphatic carbocycles. The number of nitriles is 1. The Labute approximate surface area is 171 Å². The first-order chi connectivity index (χ1) is 14.1. The highest BCUT2D eigenvalue weighted by atomic mass is 16.5. The predicted octanol–water partition coefficient (Wildman–Crippen LogP) is 5.09. The second kappa shape index (κ2) is 6.93. The monoisotopic (exact) mass is 384 g/mol. The van der Waals surface area contributed by atoms with E-state index in [1.165, 1.54) is 16.7 Å². The topological polar surface area (TPSA) is 62.4 Å². The molecular weight excluding hydrogens is 360 g/mol. The Balaban J connectivity index is 1.42. The van der Waals surface area contributed by atoms with Gasteiger partial charge >= 0.3 is 0 Å². The lowest BCUT2D eigenvalue weighted by Gasteiger charge is -2.32. The molecule has 3 atom stereocenters. The number of hydrogen-bond donors (Lipinski definition) is 0. The highest BCUT2D eigenvalue weighted by Crippen LogP contribution is 2.52. The molecule has 4 aliphatic rings. The average molecular weight is 384 g/mol. The number of allylic oxidation sites excluding steroid dienone is 3. The number of fused-ring (bicyclic) bond motifs is 3. The Morgan fingerprint density at radius 1 is 1.31 bits per heavy atom. The second-order valence-electron chi connectivity index (χ2n) is 8.74. The first-order valence-electron chi connectivity index (χ1n) is 10.5. The predicted molar refractivity (Wildman–Crippen MR) is 112 cm³/mol. The SMILES string of the molecule is CC(C)CC1=CCC(OC2CCC3C4=C(C#N)C(=O)N=C4c4cccc2c43)C=C1. The third kappa shape index (κ3) is 2.92. The van der Waals surface area contributed by atoms with Crippen molar-refractivity contribution in [3.05, 3.63) is 69.8 Å². The normalized spacial score (nSPS) is 27.0. The number of ether oxygens (including phenoxy) is 1. The molecule has 0 bridgehead atoms. The zero-order valence-corrected chi connectivity index (χ0v) is 16.8. The van der Waals surface area contributed by atoms with E-state index in [-0.39, 0.29) is 29.6 Å². The van der Waals surface area contributed by atoms with Crippen LogP contribution in [0.2, 0.25) is 0 Å². The van der Waals surface area contributed by atoms with Crippen LogP contribution in [0.4, 0.5) is 0 Å². The summed E-state index contributed by atoms with van der Waals surface area (Å²) in [4.78, 5) is 16.3. The average Bonchev–Trinajstić information content (AvgIpc) is 3.19. The summed E-state index contributed by atoms with van der Waals surface area (Å²) in [6.07, 6.45) is 10.6. The summed E-state index contributed by atoms with van der Waals surface area (Å²) >= 11 is 0. The van der Waals surface area contributed by atoms with Crippen molar-refractivity contribution in [3.63, 3.8) is 0 Å². The molecule has 0 spiro atoms. The summed E-state index contributed by atoms with van der Waals surface area (Å²) < 4.78 is 6.52. The van der Waals surface area contributed by atoms with Crippen LogP contribution in [0.5, 0.6) is 0 Å². The Morgan fingerprint density at radius 3 is 2.90 bits per heavy atom. The number of rotatable bonds is 4. The van der Waals surface area contributed by atoms with Gasteiger partial charge in [-0.2, -0.15) is 5.26 Å². The van der Waals surface area contributed by atoms with E-state index in [1.807, 2.05) is 12.1 Å². The molecule has 146 valence electrons. The lowest BCUT2D eigenvalue weighted by atomic mass is 9.80. The fourth-order valence-corrected chi connectivity index (χ4v) is 5.19. The van der Waals surface area contributed by atoms with Crippen LogP contribution in [0.3, 0.4) is 0 Å². The smallest absolute Gasteiger partial charge is 0.288 e. The van der Waals surface area contributed by atoms with Crippen LogP contribution >= 0.6 is 0 Å². The van der Waals surface area contributed by atoms with Gasteiger partial charge < -0.3 is 4.74 Å². The number of aliphatic imine (C=N–C) groups is 1. The lowest BCUT2D eigenvalue weighted by Crippen LogP contribution is -2.21. The zero-order valence-electron chi connectivity index (χ0n) is 16.8. The van der Waals surface area contributed by atoms with E-state index < -0.39 is 0 Å². The molecule has 1 amide bonds. The van der Waals surface area contributed by atoms with Gasteiger partial charge in [0.25, 0.3) is 5.91 Å². The molecule has 1 heterocycles. The van der Waals surface area contributed by atoms with Crippen molar-refractivity contribution in [2.24, 2.45) is 10.9 Å². The molecule has 1 aliphatic heterocycles. The van der Waals surface area contributed by atoms with Crippen molar-refractivity contribution in [2.45, 2.75) is 57.7 Å². The summed E-state index contributed by atoms with van der Waals surface area (Å²) in [5.74, 6) is 0.371. The molecule has 1 aromatic rings. The van der Waals surface area contributed by atoms with Crippen LogP contribution in [0, 0.1) is 17.2 Å². The minimum Gasteiger partial charge on any atom is -0.366 e. The third-order valence-electron chi connectivity index (χ3n) is 6.34. The molecule has 4 heteroatoms. The number of hydrogen-bond acceptors (Lipinski definition) is 3. The molecule has 0 radical (unpaired) electrons. The lowest BCUT2D eigenvalue weighted by molar-refractivity contribution is -0.113. The summed E-state index contributed by atoms with van der Waals surface area (Å²) in [7, 11) is 0. The van der Waals surface area contributed by atoms with Crippen LogP contribution in [0.1, 0.15) is 68.2 Å². The second-order valence-corrected chi connectivity index (χ2v) is 8.74. The minimum atomic E-state index is -0.386. The van der Waals surface area contributed by atoms with E-state index in [1.54, 1.807) is 0 Å². The number of nitrogens with zero attached hydrogens (tertiary/aromatic N) is 2. The Kier molecular flexibility index (Phi) is 4.37. The molecule has 29 heavy (non-hydrogen) atoms. The summed E-state index contributed by atoms with van der Waals surface area (Å²) in [6.45, 7) is 4.48. The van der Waals surface area contributed by atoms with Crippen molar-refractivity contribution in [2.75, 3.05) is 0 Å². The van der Waals surface area contributed by atoms with Gasteiger partial charge in [-0.05, 0) is 42.7 Å². The third-order valence-corrected chi connectivity index (χ3v) is 6.34. The van der Waals surface area contributed by atoms with E-state index in [2.05, 4.69) is 49.2 Å². The Morgan fingerprint density at radius 2 is 2.17 bits per heavy atom. The minimum absolute atomic E-state index is 0.0390. The van der Waals surface area contributed by atoms with Gasteiger partial charge in [-0.3, -0.25) is 4.79 Å². The summed E-state index contributed by atoms with van der Waals surface area (Å²) in [5, 5.41) is 9.47. The molecule has 0 saturated carbocycles. The van der Waals surface area contributed by atoms with Crippen LogP contribution in [-0.2, 0) is 9.53 Å². The number of carbonyl (C=O) groups excluding carboxylic acids is 1. The number of amides is 1. The number of benzene rings is 1. The van der Waals surface area contributed by atoms with Gasteiger partial charge in [-0.1, -0.05) is 55.8 Å². The molecule has 5 rings (SSSR count). The highest BCUT2D eigenvalue weighted by molar-refractivity contribution is 6.30. The standard InChI is InChI=1S/C25H24N2O2/c1-14(2)12-15-6-8-16(9-7-15)29-21-11-10-18-22-17(21)4-3-5-19(22)24-23(18)20(13-26)25(28)27-24/h3-8,14,16,18,21H,9-12H2,1-2H3. The maximum atomic E-state index is 12.1. The molecule has 4 nitrogen and oxygen atoms in total. The molecule has 0 aromatic heterocycles. The molecule has 0 saturated heterocycles. The molecular formula is C25H24N2O2. The van der Waals surface area contributed by atoms with Crippen molar-refractivity contribution >= 4 is 11.6 Å². The van der Waals surface area contributed by atoms with Crippen LogP contribution in [0.15, 0.2) is 58.1 Å². The van der Waals surface area contributed by atoms with Gasteiger partial charge in [0.15, 0.2) is 0 Å². The van der Waals surface area contributed by atoms with E-state index in [0.717, 1.165) is 36.8 Å². The maximum absolute atomic E-state index is 12.1. The van der Waals surface area contributed by atoms with E-state index in [4.69, 9.17) is 4.74 Å². The van der Waals surface area contributed by atoms with Crippen LogP contribution < -0.4 is 0 Å². The van der Waals surface area contributed by atoms with Gasteiger partial charge in [0.05, 0.1) is 17.9 Å². The van der Waals surface area contributed by atoms with E-state index in [0.29, 0.717) is 11.6 Å². The van der Waals surface area contributed by atoms with Crippen molar-refractivity contribution in [3.8, 4) is 6.07 Å². The number of carbonyl (C=O) groups is 1. The van der Waals surface area contributed by atoms with Gasteiger partial charge in [-0.15, -0.1) is 0 Å². The van der Waals surface area contributed by atoms with Crippen molar-refractivity contribution in [1.82, 2.24) is 0 Å². The van der Waals surface area contributed by atoms with Crippen LogP contribution in [0.25, 0.3) is 0 Å². The largest absolute Gasteiger partial charge is 0.366 e. The zero-order chi connectivity index (χ0) is 20.1. The quantitative estimate of drug-likeness (QED) is 0.727. The first kappa shape index (κ1) is 18.3. The molecule has 1 aromatic carbocycles. The van der Waals surface area contributed by atoms with Crippen molar-refractivity contribution in [1.29, 1.82) is 5.26 Å². The van der Waals surface area contributed by atoms with E-state index >= 15 is 0 Å². The van der Waals surface area contributed by atoms with E-state index in [9.17, 15) is 10.1 Å². The van der Waals surface area contributed by atoms with Gasteiger partial charge in [0, 0.05) is 17.1 Å². The van der Waals surface area contributed by atoms with Gasteiger partial charge in [0.2, 0.25) is 0 Å². The van der Waals surface area contributed by atoms with Crippen molar-refractivity contribution < 1.29 is 9.53 Å². The summed E-state index contributed by atoms with van der Waals surface area (Å²) in [6, 6.07) is 8.27. The maximum Gasteiger partial charge on any atom is 0.288 e. The fraction of sp³-hybridized carbons (Fsp3) is 0.400.